The highest BCUT2D eigenvalue weighted by Crippen LogP contribution is 2.40. The molecule has 2 aromatic heterocycles. The number of halogens is 2. The van der Waals surface area contributed by atoms with Gasteiger partial charge in [-0.15, -0.1) is 10.2 Å². The number of benzene rings is 1. The van der Waals surface area contributed by atoms with Crippen LogP contribution < -0.4 is 5.73 Å². The summed E-state index contributed by atoms with van der Waals surface area (Å²) in [6.45, 7) is 0. The van der Waals surface area contributed by atoms with Gasteiger partial charge in [-0.05, 0) is 25.0 Å². The van der Waals surface area contributed by atoms with Crippen molar-refractivity contribution in [3.8, 4) is 10.6 Å². The molecule has 1 aliphatic carbocycles. The van der Waals surface area contributed by atoms with Crippen LogP contribution in [0.5, 0.6) is 0 Å². The fraction of sp³-hybridized carbons (Fsp3) is 0.250. The van der Waals surface area contributed by atoms with Crippen LogP contribution in [-0.2, 0) is 0 Å². The molecule has 5 nitrogen and oxygen atoms in total. The van der Waals surface area contributed by atoms with Gasteiger partial charge in [-0.2, -0.15) is 9.61 Å². The quantitative estimate of drug-likeness (QED) is 0.730. The van der Waals surface area contributed by atoms with Gasteiger partial charge < -0.3 is 5.73 Å². The summed E-state index contributed by atoms with van der Waals surface area (Å²) in [6.07, 6.45) is 2.32. The maximum Gasteiger partial charge on any atom is 0.234 e. The fourth-order valence-electron chi connectivity index (χ4n) is 2.05. The number of nitrogen functional groups attached to an aromatic ring is 1. The van der Waals surface area contributed by atoms with Gasteiger partial charge in [-0.3, -0.25) is 0 Å². The topological polar surface area (TPSA) is 69.1 Å². The molecule has 0 aliphatic heterocycles. The van der Waals surface area contributed by atoms with Crippen LogP contribution in [0.15, 0.2) is 12.1 Å². The summed E-state index contributed by atoms with van der Waals surface area (Å²) in [5.74, 6) is 1.44. The van der Waals surface area contributed by atoms with Crippen LogP contribution >= 0.6 is 34.5 Å². The third-order valence-corrected chi connectivity index (χ3v) is 4.86. The summed E-state index contributed by atoms with van der Waals surface area (Å²) < 4.78 is 1.82. The van der Waals surface area contributed by atoms with Crippen LogP contribution in [0.3, 0.4) is 0 Å². The van der Waals surface area contributed by atoms with Crippen LogP contribution in [0.4, 0.5) is 5.69 Å². The predicted molar refractivity (Wildman–Crippen MR) is 80.5 cm³/mol. The molecular formula is C12H9Cl2N5S. The molecule has 8 heteroatoms. The van der Waals surface area contributed by atoms with Crippen LogP contribution in [0.2, 0.25) is 10.0 Å². The minimum absolute atomic E-state index is 0.388. The molecule has 1 aromatic carbocycles. The van der Waals surface area contributed by atoms with Gasteiger partial charge in [0.2, 0.25) is 4.96 Å². The molecule has 1 aliphatic rings. The second-order valence-electron chi connectivity index (χ2n) is 4.79. The highest BCUT2D eigenvalue weighted by atomic mass is 35.5. The van der Waals surface area contributed by atoms with Crippen molar-refractivity contribution in [2.75, 3.05) is 5.73 Å². The Bertz CT molecular complexity index is 797. The zero-order chi connectivity index (χ0) is 13.9. The highest BCUT2D eigenvalue weighted by molar-refractivity contribution is 7.19. The molecule has 0 saturated heterocycles. The van der Waals surface area contributed by atoms with Crippen LogP contribution in [0.1, 0.15) is 24.6 Å². The monoisotopic (exact) mass is 325 g/mol. The van der Waals surface area contributed by atoms with Crippen molar-refractivity contribution < 1.29 is 0 Å². The number of fused-ring (bicyclic) bond motifs is 1. The van der Waals surface area contributed by atoms with E-state index < -0.39 is 0 Å². The number of hydrogen-bond donors (Lipinski definition) is 1. The lowest BCUT2D eigenvalue weighted by molar-refractivity contribution is 0.828. The van der Waals surface area contributed by atoms with Gasteiger partial charge in [0.15, 0.2) is 5.82 Å². The van der Waals surface area contributed by atoms with Crippen LogP contribution in [-0.4, -0.2) is 19.8 Å². The van der Waals surface area contributed by atoms with Gasteiger partial charge >= 0.3 is 0 Å². The van der Waals surface area contributed by atoms with E-state index in [-0.39, 0.29) is 0 Å². The average Bonchev–Trinajstić information content (AvgIpc) is 3.04. The number of rotatable bonds is 2. The van der Waals surface area contributed by atoms with E-state index in [1.165, 1.54) is 11.3 Å². The van der Waals surface area contributed by atoms with Crippen molar-refractivity contribution in [3.63, 3.8) is 0 Å². The first-order valence-corrected chi connectivity index (χ1v) is 7.68. The summed E-state index contributed by atoms with van der Waals surface area (Å²) in [5.41, 5.74) is 6.97. The molecule has 2 heterocycles. The van der Waals surface area contributed by atoms with E-state index >= 15 is 0 Å². The minimum atomic E-state index is 0.388. The molecule has 3 aromatic rings. The SMILES string of the molecule is Nc1c(Cl)cc(-c2nn3c(C4CC4)nnc3s2)cc1Cl. The first-order chi connectivity index (χ1) is 9.63. The molecule has 0 bridgehead atoms. The van der Waals surface area contributed by atoms with Crippen LogP contribution in [0, 0.1) is 0 Å². The van der Waals surface area contributed by atoms with Crippen molar-refractivity contribution in [2.24, 2.45) is 0 Å². The lowest BCUT2D eigenvalue weighted by atomic mass is 10.2. The van der Waals surface area contributed by atoms with Crippen molar-refractivity contribution in [1.82, 2.24) is 19.8 Å². The maximum atomic E-state index is 6.07. The van der Waals surface area contributed by atoms with E-state index in [4.69, 9.17) is 28.9 Å². The molecular weight excluding hydrogens is 317 g/mol. The smallest absolute Gasteiger partial charge is 0.234 e. The number of nitrogens with two attached hydrogens (primary N) is 1. The van der Waals surface area contributed by atoms with Gasteiger partial charge in [-0.1, -0.05) is 34.5 Å². The third kappa shape index (κ3) is 1.87. The summed E-state index contributed by atoms with van der Waals surface area (Å²) in [6, 6.07) is 3.54. The fourth-order valence-corrected chi connectivity index (χ4v) is 3.37. The largest absolute Gasteiger partial charge is 0.396 e. The van der Waals surface area contributed by atoms with Crippen molar-refractivity contribution in [1.29, 1.82) is 0 Å². The Hall–Kier alpha value is -1.37. The third-order valence-electron chi connectivity index (χ3n) is 3.28. The molecule has 0 spiro atoms. The zero-order valence-corrected chi connectivity index (χ0v) is 12.5. The standard InChI is InChI=1S/C12H9Cl2N5S/c13-7-3-6(4-8(14)9(7)15)11-18-19-10(5-1-2-5)16-17-12(19)20-11/h3-5H,1-2,15H2. The summed E-state index contributed by atoms with van der Waals surface area (Å²) in [7, 11) is 0. The normalized spacial score (nSPS) is 15.1. The molecule has 102 valence electrons. The molecule has 0 unspecified atom stereocenters. The molecule has 0 radical (unpaired) electrons. The minimum Gasteiger partial charge on any atom is -0.396 e. The predicted octanol–water partition coefficient (Wildman–Crippen LogP) is 3.62. The van der Waals surface area contributed by atoms with Crippen molar-refractivity contribution in [2.45, 2.75) is 18.8 Å². The van der Waals surface area contributed by atoms with Crippen molar-refractivity contribution >= 4 is 45.2 Å². The summed E-state index contributed by atoms with van der Waals surface area (Å²) >= 11 is 13.6. The van der Waals surface area contributed by atoms with Crippen LogP contribution in [0.25, 0.3) is 15.5 Å². The Kier molecular flexibility index (Phi) is 2.67. The van der Waals surface area contributed by atoms with Gasteiger partial charge in [0, 0.05) is 11.5 Å². The highest BCUT2D eigenvalue weighted by Gasteiger charge is 2.30. The van der Waals surface area contributed by atoms with E-state index in [9.17, 15) is 0 Å². The van der Waals surface area contributed by atoms with Gasteiger partial charge in [-0.25, -0.2) is 0 Å². The summed E-state index contributed by atoms with van der Waals surface area (Å²) in [4.78, 5) is 0.783. The van der Waals surface area contributed by atoms with E-state index in [1.54, 1.807) is 12.1 Å². The molecule has 0 atom stereocenters. The Morgan fingerprint density at radius 2 is 1.90 bits per heavy atom. The second kappa shape index (κ2) is 4.31. The Balaban J connectivity index is 1.85. The maximum absolute atomic E-state index is 6.07. The Labute approximate surface area is 128 Å². The first kappa shape index (κ1) is 12.4. The molecule has 4 rings (SSSR count). The lowest BCUT2D eigenvalue weighted by Crippen LogP contribution is -1.94. The van der Waals surface area contributed by atoms with E-state index in [0.29, 0.717) is 21.7 Å². The van der Waals surface area contributed by atoms with E-state index in [1.807, 2.05) is 4.52 Å². The second-order valence-corrected chi connectivity index (χ2v) is 6.56. The average molecular weight is 326 g/mol. The molecule has 2 N–H and O–H groups in total. The van der Waals surface area contributed by atoms with E-state index in [0.717, 1.165) is 34.2 Å². The van der Waals surface area contributed by atoms with Gasteiger partial charge in [0.25, 0.3) is 0 Å². The number of aromatic nitrogens is 4. The molecule has 1 saturated carbocycles. The number of nitrogens with zero attached hydrogens (tertiary/aromatic N) is 4. The Morgan fingerprint density at radius 3 is 2.55 bits per heavy atom. The molecule has 1 fully saturated rings. The zero-order valence-electron chi connectivity index (χ0n) is 10.2. The first-order valence-electron chi connectivity index (χ1n) is 6.10. The Morgan fingerprint density at radius 1 is 1.20 bits per heavy atom. The van der Waals surface area contributed by atoms with Gasteiger partial charge in [0.05, 0.1) is 15.7 Å². The van der Waals surface area contributed by atoms with Crippen molar-refractivity contribution in [3.05, 3.63) is 28.0 Å². The molecule has 0 amide bonds. The van der Waals surface area contributed by atoms with E-state index in [2.05, 4.69) is 15.3 Å². The summed E-state index contributed by atoms with van der Waals surface area (Å²) in [5, 5.41) is 14.6. The number of hydrogen-bond acceptors (Lipinski definition) is 5. The lowest BCUT2D eigenvalue weighted by Gasteiger charge is -2.03. The van der Waals surface area contributed by atoms with Gasteiger partial charge in [0.1, 0.15) is 5.01 Å². The number of anilines is 1. The molecule has 20 heavy (non-hydrogen) atoms.